The number of hydrogen-bond acceptors (Lipinski definition) is 4. The van der Waals surface area contributed by atoms with E-state index < -0.39 is 0 Å². The van der Waals surface area contributed by atoms with Crippen LogP contribution in [0.25, 0.3) is 0 Å². The van der Waals surface area contributed by atoms with Gasteiger partial charge < -0.3 is 5.32 Å². The van der Waals surface area contributed by atoms with E-state index in [1.807, 2.05) is 33.8 Å². The van der Waals surface area contributed by atoms with Crippen molar-refractivity contribution in [3.63, 3.8) is 0 Å². The second kappa shape index (κ2) is 6.65. The highest BCUT2D eigenvalue weighted by Crippen LogP contribution is 2.20. The molecule has 0 radical (unpaired) electrons. The molecule has 4 heteroatoms. The van der Waals surface area contributed by atoms with Gasteiger partial charge in [0.25, 0.3) is 0 Å². The predicted molar refractivity (Wildman–Crippen MR) is 86.2 cm³/mol. The third-order valence-corrected chi connectivity index (χ3v) is 3.19. The molecule has 1 rings (SSSR count). The zero-order chi connectivity index (χ0) is 16.3. The van der Waals surface area contributed by atoms with E-state index in [-0.39, 0.29) is 22.8 Å². The Morgan fingerprint density at radius 1 is 1.24 bits per heavy atom. The summed E-state index contributed by atoms with van der Waals surface area (Å²) in [6, 6.07) is 1.77. The van der Waals surface area contributed by atoms with E-state index in [0.29, 0.717) is 0 Å². The third-order valence-electron chi connectivity index (χ3n) is 3.19. The Balaban J connectivity index is 2.80. The van der Waals surface area contributed by atoms with Crippen molar-refractivity contribution >= 4 is 5.78 Å². The number of aromatic nitrogens is 2. The van der Waals surface area contributed by atoms with Gasteiger partial charge in [-0.15, -0.1) is 0 Å². The quantitative estimate of drug-likeness (QED) is 0.905. The van der Waals surface area contributed by atoms with E-state index in [0.717, 1.165) is 24.4 Å². The average Bonchev–Trinajstić information content (AvgIpc) is 2.31. The minimum absolute atomic E-state index is 0.0901. The van der Waals surface area contributed by atoms with Crippen LogP contribution in [0.1, 0.15) is 59.5 Å². The lowest BCUT2D eigenvalue weighted by molar-refractivity contribution is -0.129. The number of hydrogen-bond donors (Lipinski definition) is 1. The van der Waals surface area contributed by atoms with Gasteiger partial charge in [-0.25, -0.2) is 9.97 Å². The van der Waals surface area contributed by atoms with Gasteiger partial charge in [0, 0.05) is 22.8 Å². The second-order valence-electron chi connectivity index (χ2n) is 7.70. The molecule has 0 fully saturated rings. The fourth-order valence-electron chi connectivity index (χ4n) is 2.25. The Bertz CT molecular complexity index is 484. The molecular formula is C17H29N3O. The molecule has 1 aromatic rings. The van der Waals surface area contributed by atoms with Gasteiger partial charge in [0.1, 0.15) is 5.82 Å². The molecule has 0 amide bonds. The second-order valence-corrected chi connectivity index (χ2v) is 7.70. The Hall–Kier alpha value is -1.29. The van der Waals surface area contributed by atoms with Gasteiger partial charge in [-0.2, -0.15) is 0 Å². The van der Waals surface area contributed by atoms with Gasteiger partial charge in [-0.1, -0.05) is 20.8 Å². The summed E-state index contributed by atoms with van der Waals surface area (Å²) in [5, 5.41) is 3.45. The summed E-state index contributed by atoms with van der Waals surface area (Å²) in [5.41, 5.74) is 0.558. The predicted octanol–water partition coefficient (Wildman–Crippen LogP) is 3.09. The van der Waals surface area contributed by atoms with Crippen molar-refractivity contribution in [2.45, 2.75) is 72.9 Å². The number of ketones is 1. The Kier molecular flexibility index (Phi) is 5.62. The fraction of sp³-hybridized carbons (Fsp3) is 0.706. The van der Waals surface area contributed by atoms with E-state index >= 15 is 0 Å². The summed E-state index contributed by atoms with van der Waals surface area (Å²) in [7, 11) is 0. The summed E-state index contributed by atoms with van der Waals surface area (Å²) in [6.45, 7) is 14.1. The number of Topliss-reactive ketones (excluding diaryl/α,β-unsaturated/α-hetero) is 1. The van der Waals surface area contributed by atoms with Crippen molar-refractivity contribution in [2.24, 2.45) is 5.41 Å². The first kappa shape index (κ1) is 17.8. The standard InChI is InChI=1S/C17H29N3O/c1-12-18-11-10-13(19-12)8-9-14(20-17(5,6)7)15(21)16(2,3)4/h10-11,14,20H,8-9H2,1-7H3/t14-/m1/s1. The van der Waals surface area contributed by atoms with Crippen molar-refractivity contribution < 1.29 is 4.79 Å². The Morgan fingerprint density at radius 2 is 1.86 bits per heavy atom. The Morgan fingerprint density at radius 3 is 2.33 bits per heavy atom. The van der Waals surface area contributed by atoms with Crippen LogP contribution in [-0.4, -0.2) is 27.3 Å². The van der Waals surface area contributed by atoms with E-state index in [2.05, 4.69) is 36.1 Å². The fourth-order valence-corrected chi connectivity index (χ4v) is 2.25. The summed E-state index contributed by atoms with van der Waals surface area (Å²) >= 11 is 0. The molecule has 0 saturated heterocycles. The zero-order valence-electron chi connectivity index (χ0n) is 14.4. The lowest BCUT2D eigenvalue weighted by Crippen LogP contribution is -2.51. The highest BCUT2D eigenvalue weighted by atomic mass is 16.1. The van der Waals surface area contributed by atoms with Crippen molar-refractivity contribution in [3.8, 4) is 0 Å². The van der Waals surface area contributed by atoms with Crippen LogP contribution in [0.4, 0.5) is 0 Å². The maximum Gasteiger partial charge on any atom is 0.155 e. The molecule has 1 atom stereocenters. The number of carbonyl (C=O) groups excluding carboxylic acids is 1. The van der Waals surface area contributed by atoms with Crippen LogP contribution in [-0.2, 0) is 11.2 Å². The van der Waals surface area contributed by atoms with Crippen molar-refractivity contribution in [1.82, 2.24) is 15.3 Å². The largest absolute Gasteiger partial charge is 0.303 e. The average molecular weight is 291 g/mol. The third kappa shape index (κ3) is 6.34. The van der Waals surface area contributed by atoms with Crippen LogP contribution in [0.15, 0.2) is 12.3 Å². The summed E-state index contributed by atoms with van der Waals surface area (Å²) in [6.07, 6.45) is 3.30. The molecule has 0 saturated carbocycles. The normalized spacial score (nSPS) is 14.0. The van der Waals surface area contributed by atoms with Crippen molar-refractivity contribution in [3.05, 3.63) is 23.8 Å². The van der Waals surface area contributed by atoms with Crippen LogP contribution in [0.3, 0.4) is 0 Å². The van der Waals surface area contributed by atoms with Gasteiger partial charge in [0.15, 0.2) is 5.78 Å². The number of nitrogens with one attached hydrogen (secondary N) is 1. The first-order valence-corrected chi connectivity index (χ1v) is 7.59. The van der Waals surface area contributed by atoms with Crippen LogP contribution in [0.2, 0.25) is 0 Å². The van der Waals surface area contributed by atoms with Crippen LogP contribution in [0.5, 0.6) is 0 Å². The molecule has 1 aromatic heterocycles. The van der Waals surface area contributed by atoms with Crippen LogP contribution < -0.4 is 5.32 Å². The van der Waals surface area contributed by atoms with Crippen molar-refractivity contribution in [2.75, 3.05) is 0 Å². The first-order valence-electron chi connectivity index (χ1n) is 7.59. The van der Waals surface area contributed by atoms with Crippen molar-refractivity contribution in [1.29, 1.82) is 0 Å². The lowest BCUT2D eigenvalue weighted by atomic mass is 9.84. The molecule has 0 bridgehead atoms. The Labute approximate surface area is 128 Å². The molecule has 0 aliphatic rings. The van der Waals surface area contributed by atoms with Gasteiger partial charge in [0.05, 0.1) is 6.04 Å². The molecule has 118 valence electrons. The highest BCUT2D eigenvalue weighted by molar-refractivity contribution is 5.88. The van der Waals surface area contributed by atoms with Crippen LogP contribution in [0, 0.1) is 12.3 Å². The minimum Gasteiger partial charge on any atom is -0.303 e. The first-order chi connectivity index (χ1) is 9.49. The summed E-state index contributed by atoms with van der Waals surface area (Å²) < 4.78 is 0. The number of nitrogens with zero attached hydrogens (tertiary/aromatic N) is 2. The highest BCUT2D eigenvalue weighted by Gasteiger charge is 2.31. The molecular weight excluding hydrogens is 262 g/mol. The SMILES string of the molecule is Cc1nccc(CC[C@@H](NC(C)(C)C)C(=O)C(C)(C)C)n1. The van der Waals surface area contributed by atoms with Gasteiger partial charge in [-0.3, -0.25) is 4.79 Å². The molecule has 1 heterocycles. The molecule has 1 N–H and O–H groups in total. The molecule has 21 heavy (non-hydrogen) atoms. The summed E-state index contributed by atoms with van der Waals surface area (Å²) in [4.78, 5) is 21.2. The van der Waals surface area contributed by atoms with Crippen LogP contribution >= 0.6 is 0 Å². The number of rotatable bonds is 5. The van der Waals surface area contributed by atoms with E-state index in [1.165, 1.54) is 0 Å². The molecule has 0 spiro atoms. The monoisotopic (exact) mass is 291 g/mol. The maximum absolute atomic E-state index is 12.6. The van der Waals surface area contributed by atoms with Gasteiger partial charge >= 0.3 is 0 Å². The van der Waals surface area contributed by atoms with E-state index in [1.54, 1.807) is 6.20 Å². The maximum atomic E-state index is 12.6. The molecule has 0 aromatic carbocycles. The van der Waals surface area contributed by atoms with E-state index in [4.69, 9.17) is 0 Å². The number of aryl methyl sites for hydroxylation is 2. The lowest BCUT2D eigenvalue weighted by Gasteiger charge is -2.31. The molecule has 0 aliphatic carbocycles. The summed E-state index contributed by atoms with van der Waals surface area (Å²) in [5.74, 6) is 1.03. The molecule has 0 aliphatic heterocycles. The van der Waals surface area contributed by atoms with Gasteiger partial charge in [0.2, 0.25) is 0 Å². The zero-order valence-corrected chi connectivity index (χ0v) is 14.4. The topological polar surface area (TPSA) is 54.9 Å². The molecule has 0 unspecified atom stereocenters. The smallest absolute Gasteiger partial charge is 0.155 e. The van der Waals surface area contributed by atoms with E-state index in [9.17, 15) is 4.79 Å². The number of carbonyl (C=O) groups is 1. The van der Waals surface area contributed by atoms with Gasteiger partial charge in [-0.05, 0) is 46.6 Å². The molecule has 4 nitrogen and oxygen atoms in total. The minimum atomic E-state index is -0.343.